The summed E-state index contributed by atoms with van der Waals surface area (Å²) >= 11 is 0. The average Bonchev–Trinajstić information content (AvgIpc) is 3.25. The molecule has 0 aliphatic heterocycles. The largest absolute Gasteiger partial charge is 0.497 e. The molecule has 0 fully saturated rings. The standard InChI is InChI=1S/C32H34F2O4/c1-5-7-24(31(35)36)27-18-22(11-14-30(27)34)38-19-20-9-12-23(26-17-21(37-4)10-13-29(26)33)25(16-20)28-8-6-15-32(28,2)3/h8-14,16-18,24H,5-7,15,19H2,1-4H3,(H,35,36). The number of aliphatic carboxylic acids is 1. The number of halogens is 2. The zero-order chi connectivity index (χ0) is 27.4. The molecule has 0 radical (unpaired) electrons. The number of carboxylic acids is 1. The summed E-state index contributed by atoms with van der Waals surface area (Å²) in [5.74, 6) is -1.89. The second-order valence-electron chi connectivity index (χ2n) is 10.4. The smallest absolute Gasteiger partial charge is 0.311 e. The first-order valence-electron chi connectivity index (χ1n) is 13.0. The van der Waals surface area contributed by atoms with Crippen molar-refractivity contribution in [3.05, 3.63) is 89.0 Å². The normalized spacial score (nSPS) is 15.2. The lowest BCUT2D eigenvalue weighted by Crippen LogP contribution is -2.13. The van der Waals surface area contributed by atoms with Crippen molar-refractivity contribution in [3.8, 4) is 22.6 Å². The Labute approximate surface area is 222 Å². The number of carboxylic acid groups (broad SMARTS) is 1. The molecule has 0 saturated carbocycles. The van der Waals surface area contributed by atoms with E-state index in [1.165, 1.54) is 24.3 Å². The van der Waals surface area contributed by atoms with Gasteiger partial charge in [-0.1, -0.05) is 45.4 Å². The van der Waals surface area contributed by atoms with Gasteiger partial charge in [0, 0.05) is 11.1 Å². The quantitative estimate of drug-likeness (QED) is 0.292. The molecule has 4 nitrogen and oxygen atoms in total. The van der Waals surface area contributed by atoms with E-state index in [9.17, 15) is 18.7 Å². The highest BCUT2D eigenvalue weighted by Gasteiger charge is 2.30. The summed E-state index contributed by atoms with van der Waals surface area (Å²) in [5, 5.41) is 9.58. The van der Waals surface area contributed by atoms with Crippen molar-refractivity contribution in [2.24, 2.45) is 5.41 Å². The highest BCUT2D eigenvalue weighted by molar-refractivity contribution is 5.85. The molecule has 1 aliphatic rings. The van der Waals surface area contributed by atoms with Gasteiger partial charge in [0.05, 0.1) is 13.0 Å². The molecule has 4 rings (SSSR count). The highest BCUT2D eigenvalue weighted by atomic mass is 19.1. The van der Waals surface area contributed by atoms with Crippen LogP contribution in [0.25, 0.3) is 16.7 Å². The van der Waals surface area contributed by atoms with E-state index < -0.39 is 17.7 Å². The number of benzene rings is 3. The van der Waals surface area contributed by atoms with Crippen molar-refractivity contribution in [1.29, 1.82) is 0 Å². The van der Waals surface area contributed by atoms with Gasteiger partial charge in [-0.25, -0.2) is 8.78 Å². The molecule has 0 heterocycles. The Bertz CT molecular complexity index is 1360. The number of carbonyl (C=O) groups is 1. The maximum absolute atomic E-state index is 15.0. The van der Waals surface area contributed by atoms with Crippen molar-refractivity contribution in [1.82, 2.24) is 0 Å². The third-order valence-electron chi connectivity index (χ3n) is 7.31. The third kappa shape index (κ3) is 5.74. The summed E-state index contributed by atoms with van der Waals surface area (Å²) in [7, 11) is 1.56. The van der Waals surface area contributed by atoms with E-state index in [-0.39, 0.29) is 23.4 Å². The van der Waals surface area contributed by atoms with Crippen LogP contribution < -0.4 is 9.47 Å². The predicted octanol–water partition coefficient (Wildman–Crippen LogP) is 8.39. The van der Waals surface area contributed by atoms with Gasteiger partial charge in [-0.3, -0.25) is 4.79 Å². The molecule has 3 aromatic rings. The molecule has 200 valence electrons. The summed E-state index contributed by atoms with van der Waals surface area (Å²) in [4.78, 5) is 11.7. The molecule has 0 spiro atoms. The molecule has 0 saturated heterocycles. The summed E-state index contributed by atoms with van der Waals surface area (Å²) < 4.78 is 40.8. The molecule has 0 bridgehead atoms. The van der Waals surface area contributed by atoms with E-state index in [1.807, 2.05) is 25.1 Å². The number of methoxy groups -OCH3 is 1. The maximum Gasteiger partial charge on any atom is 0.311 e. The molecule has 1 unspecified atom stereocenters. The van der Waals surface area contributed by atoms with Crippen molar-refractivity contribution >= 4 is 11.5 Å². The maximum atomic E-state index is 15.0. The topological polar surface area (TPSA) is 55.8 Å². The van der Waals surface area contributed by atoms with Gasteiger partial charge in [0.1, 0.15) is 29.7 Å². The lowest BCUT2D eigenvalue weighted by atomic mass is 9.79. The van der Waals surface area contributed by atoms with E-state index in [1.54, 1.807) is 19.2 Å². The Morgan fingerprint density at radius 2 is 1.71 bits per heavy atom. The molecule has 1 atom stereocenters. The van der Waals surface area contributed by atoms with Crippen molar-refractivity contribution in [3.63, 3.8) is 0 Å². The predicted molar refractivity (Wildman–Crippen MR) is 145 cm³/mol. The fourth-order valence-corrected chi connectivity index (χ4v) is 5.19. The second kappa shape index (κ2) is 11.4. The zero-order valence-electron chi connectivity index (χ0n) is 22.3. The van der Waals surface area contributed by atoms with Gasteiger partial charge in [0.15, 0.2) is 0 Å². The average molecular weight is 521 g/mol. The minimum Gasteiger partial charge on any atom is -0.497 e. The van der Waals surface area contributed by atoms with E-state index in [0.29, 0.717) is 29.9 Å². The first kappa shape index (κ1) is 27.4. The van der Waals surface area contributed by atoms with Crippen LogP contribution in [-0.2, 0) is 11.4 Å². The molecule has 38 heavy (non-hydrogen) atoms. The minimum absolute atomic E-state index is 0.0689. The van der Waals surface area contributed by atoms with Gasteiger partial charge in [-0.05, 0) is 89.4 Å². The van der Waals surface area contributed by atoms with Crippen LogP contribution in [0.15, 0.2) is 60.7 Å². The van der Waals surface area contributed by atoms with Crippen LogP contribution in [-0.4, -0.2) is 18.2 Å². The van der Waals surface area contributed by atoms with E-state index in [0.717, 1.165) is 35.1 Å². The molecule has 6 heteroatoms. The molecule has 1 N–H and O–H groups in total. The number of hydrogen-bond acceptors (Lipinski definition) is 3. The van der Waals surface area contributed by atoms with Gasteiger partial charge < -0.3 is 14.6 Å². The fourth-order valence-electron chi connectivity index (χ4n) is 5.19. The van der Waals surface area contributed by atoms with Crippen LogP contribution in [0.1, 0.15) is 69.1 Å². The molecular weight excluding hydrogens is 486 g/mol. The SMILES string of the molecule is CCCC(C(=O)O)c1cc(OCc2ccc(-c3cc(OC)ccc3F)c(C3=CCCC3(C)C)c2)ccc1F. The first-order chi connectivity index (χ1) is 18.1. The Hall–Kier alpha value is -3.67. The van der Waals surface area contributed by atoms with Crippen LogP contribution in [0.2, 0.25) is 0 Å². The van der Waals surface area contributed by atoms with Crippen molar-refractivity contribution in [2.45, 2.75) is 59.0 Å². The van der Waals surface area contributed by atoms with Crippen LogP contribution in [0.4, 0.5) is 8.78 Å². The Morgan fingerprint density at radius 3 is 2.37 bits per heavy atom. The fraction of sp³-hybridized carbons (Fsp3) is 0.344. The monoisotopic (exact) mass is 520 g/mol. The zero-order valence-corrected chi connectivity index (χ0v) is 22.3. The van der Waals surface area contributed by atoms with Gasteiger partial charge in [0.25, 0.3) is 0 Å². The van der Waals surface area contributed by atoms with Gasteiger partial charge >= 0.3 is 5.97 Å². The Balaban J connectivity index is 1.68. The highest BCUT2D eigenvalue weighted by Crippen LogP contribution is 2.47. The summed E-state index contributed by atoms with van der Waals surface area (Å²) in [6.45, 7) is 6.44. The number of rotatable bonds is 10. The molecule has 3 aromatic carbocycles. The van der Waals surface area contributed by atoms with Crippen molar-refractivity contribution < 1.29 is 28.2 Å². The van der Waals surface area contributed by atoms with E-state index in [4.69, 9.17) is 9.47 Å². The van der Waals surface area contributed by atoms with Crippen LogP contribution in [0, 0.1) is 17.0 Å². The first-order valence-corrected chi connectivity index (χ1v) is 13.0. The Kier molecular flexibility index (Phi) is 8.20. The summed E-state index contributed by atoms with van der Waals surface area (Å²) in [6, 6.07) is 14.8. The Morgan fingerprint density at radius 1 is 0.974 bits per heavy atom. The second-order valence-corrected chi connectivity index (χ2v) is 10.4. The number of allylic oxidation sites excluding steroid dienone is 2. The van der Waals surface area contributed by atoms with Crippen molar-refractivity contribution in [2.75, 3.05) is 7.11 Å². The molecular formula is C32H34F2O4. The molecule has 0 amide bonds. The lowest BCUT2D eigenvalue weighted by Gasteiger charge is -2.25. The van der Waals surface area contributed by atoms with Crippen LogP contribution >= 0.6 is 0 Å². The summed E-state index contributed by atoms with van der Waals surface area (Å²) in [6.07, 6.45) is 5.13. The van der Waals surface area contributed by atoms with E-state index >= 15 is 0 Å². The third-order valence-corrected chi connectivity index (χ3v) is 7.31. The number of ether oxygens (including phenoxy) is 2. The van der Waals surface area contributed by atoms with Crippen LogP contribution in [0.3, 0.4) is 0 Å². The number of hydrogen-bond donors (Lipinski definition) is 1. The minimum atomic E-state index is -1.06. The van der Waals surface area contributed by atoms with E-state index in [2.05, 4.69) is 19.9 Å². The molecule has 1 aliphatic carbocycles. The van der Waals surface area contributed by atoms with Crippen LogP contribution in [0.5, 0.6) is 11.5 Å². The lowest BCUT2D eigenvalue weighted by molar-refractivity contribution is -0.139. The van der Waals surface area contributed by atoms with Gasteiger partial charge in [0.2, 0.25) is 0 Å². The van der Waals surface area contributed by atoms with Gasteiger partial charge in [-0.15, -0.1) is 0 Å². The molecule has 0 aromatic heterocycles. The summed E-state index contributed by atoms with van der Waals surface area (Å²) in [5.41, 5.74) is 4.26. The van der Waals surface area contributed by atoms with Gasteiger partial charge in [-0.2, -0.15) is 0 Å².